The maximum atomic E-state index is 11.0. The van der Waals surface area contributed by atoms with Gasteiger partial charge in [-0.1, -0.05) is 13.8 Å². The molecule has 12 heavy (non-hydrogen) atoms. The van der Waals surface area contributed by atoms with Gasteiger partial charge in [0.25, 0.3) is 0 Å². The zero-order valence-electron chi connectivity index (χ0n) is 8.13. The van der Waals surface area contributed by atoms with E-state index in [9.17, 15) is 4.79 Å². The van der Waals surface area contributed by atoms with Gasteiger partial charge in [-0.3, -0.25) is 4.79 Å². The topological polar surface area (TPSA) is 37.3 Å². The highest BCUT2D eigenvalue weighted by molar-refractivity contribution is 5.74. The van der Waals surface area contributed by atoms with E-state index < -0.39 is 11.4 Å². The zero-order valence-corrected chi connectivity index (χ0v) is 8.13. The van der Waals surface area contributed by atoms with Gasteiger partial charge in [0.1, 0.15) is 0 Å². The summed E-state index contributed by atoms with van der Waals surface area (Å²) in [6.07, 6.45) is 2.86. The van der Waals surface area contributed by atoms with Crippen molar-refractivity contribution in [1.82, 2.24) is 0 Å². The molecule has 0 aromatic heterocycles. The van der Waals surface area contributed by atoms with Crippen molar-refractivity contribution in [2.45, 2.75) is 40.0 Å². The molecule has 1 fully saturated rings. The highest BCUT2D eigenvalue weighted by Gasteiger charge is 2.39. The van der Waals surface area contributed by atoms with Crippen LogP contribution in [-0.4, -0.2) is 11.1 Å². The van der Waals surface area contributed by atoms with E-state index in [0.29, 0.717) is 11.8 Å². The second-order valence-electron chi connectivity index (χ2n) is 4.72. The average Bonchev–Trinajstić information content (AvgIpc) is 1.82. The second-order valence-corrected chi connectivity index (χ2v) is 4.72. The predicted octanol–water partition coefficient (Wildman–Crippen LogP) is 2.53. The SMILES string of the molecule is CC1CC(C)CC(C)(C(=O)O)C1. The third-order valence-electron chi connectivity index (χ3n) is 2.92. The van der Waals surface area contributed by atoms with E-state index in [0.717, 1.165) is 12.8 Å². The number of carbonyl (C=O) groups is 1. The van der Waals surface area contributed by atoms with Gasteiger partial charge in [0.2, 0.25) is 0 Å². The molecule has 0 spiro atoms. The van der Waals surface area contributed by atoms with Crippen molar-refractivity contribution < 1.29 is 9.90 Å². The summed E-state index contributed by atoms with van der Waals surface area (Å²) in [7, 11) is 0. The lowest BCUT2D eigenvalue weighted by molar-refractivity contribution is -0.151. The van der Waals surface area contributed by atoms with Crippen LogP contribution in [0.2, 0.25) is 0 Å². The summed E-state index contributed by atoms with van der Waals surface area (Å²) >= 11 is 0. The minimum atomic E-state index is -0.624. The van der Waals surface area contributed by atoms with Crippen molar-refractivity contribution in [3.63, 3.8) is 0 Å². The van der Waals surface area contributed by atoms with Crippen LogP contribution in [0.25, 0.3) is 0 Å². The Morgan fingerprint density at radius 1 is 1.33 bits per heavy atom. The van der Waals surface area contributed by atoms with Gasteiger partial charge >= 0.3 is 5.97 Å². The van der Waals surface area contributed by atoms with Crippen LogP contribution in [0.1, 0.15) is 40.0 Å². The summed E-state index contributed by atoms with van der Waals surface area (Å²) in [4.78, 5) is 11.0. The third kappa shape index (κ3) is 1.79. The van der Waals surface area contributed by atoms with Crippen LogP contribution >= 0.6 is 0 Å². The van der Waals surface area contributed by atoms with Crippen molar-refractivity contribution in [3.8, 4) is 0 Å². The fourth-order valence-electron chi connectivity index (χ4n) is 2.65. The van der Waals surface area contributed by atoms with Crippen LogP contribution in [-0.2, 0) is 4.79 Å². The molecule has 0 aromatic carbocycles. The maximum Gasteiger partial charge on any atom is 0.309 e. The van der Waals surface area contributed by atoms with E-state index in [1.54, 1.807) is 0 Å². The first-order valence-corrected chi connectivity index (χ1v) is 4.67. The van der Waals surface area contributed by atoms with E-state index in [2.05, 4.69) is 13.8 Å². The van der Waals surface area contributed by atoms with Crippen molar-refractivity contribution in [3.05, 3.63) is 0 Å². The minimum absolute atomic E-state index is 0.461. The normalized spacial score (nSPS) is 42.6. The Kier molecular flexibility index (Phi) is 2.45. The summed E-state index contributed by atoms with van der Waals surface area (Å²) in [5.41, 5.74) is -0.461. The van der Waals surface area contributed by atoms with Gasteiger partial charge in [0.15, 0.2) is 0 Å². The van der Waals surface area contributed by atoms with Gasteiger partial charge in [-0.05, 0) is 38.0 Å². The Labute approximate surface area is 74.0 Å². The summed E-state index contributed by atoms with van der Waals surface area (Å²) < 4.78 is 0. The Morgan fingerprint density at radius 3 is 2.08 bits per heavy atom. The number of rotatable bonds is 1. The lowest BCUT2D eigenvalue weighted by atomic mass is 9.67. The number of aliphatic carboxylic acids is 1. The van der Waals surface area contributed by atoms with Gasteiger partial charge in [0.05, 0.1) is 5.41 Å². The van der Waals surface area contributed by atoms with Crippen LogP contribution < -0.4 is 0 Å². The highest BCUT2D eigenvalue weighted by Crippen LogP contribution is 2.41. The molecule has 1 saturated carbocycles. The number of hydrogen-bond acceptors (Lipinski definition) is 1. The van der Waals surface area contributed by atoms with Crippen LogP contribution in [0, 0.1) is 17.3 Å². The van der Waals surface area contributed by atoms with Gasteiger partial charge in [-0.2, -0.15) is 0 Å². The first kappa shape index (κ1) is 9.56. The Bertz CT molecular complexity index is 176. The fourth-order valence-corrected chi connectivity index (χ4v) is 2.65. The van der Waals surface area contributed by atoms with Gasteiger partial charge in [-0.25, -0.2) is 0 Å². The number of carboxylic acid groups (broad SMARTS) is 1. The van der Waals surface area contributed by atoms with Gasteiger partial charge in [0, 0.05) is 0 Å². The molecule has 2 unspecified atom stereocenters. The molecule has 0 radical (unpaired) electrons. The molecule has 1 rings (SSSR count). The van der Waals surface area contributed by atoms with Crippen LogP contribution in [0.3, 0.4) is 0 Å². The van der Waals surface area contributed by atoms with Crippen molar-refractivity contribution in [2.75, 3.05) is 0 Å². The molecule has 1 aliphatic rings. The molecule has 1 N–H and O–H groups in total. The molecule has 0 aromatic rings. The first-order chi connectivity index (χ1) is 5.44. The molecule has 0 heterocycles. The fraction of sp³-hybridized carbons (Fsp3) is 0.900. The van der Waals surface area contributed by atoms with E-state index in [1.807, 2.05) is 6.92 Å². The minimum Gasteiger partial charge on any atom is -0.481 e. The Balaban J connectivity index is 2.71. The van der Waals surface area contributed by atoms with E-state index in [-0.39, 0.29) is 0 Å². The molecule has 0 bridgehead atoms. The second kappa shape index (κ2) is 3.08. The summed E-state index contributed by atoms with van der Waals surface area (Å²) in [5.74, 6) is 0.505. The molecule has 1 aliphatic carbocycles. The average molecular weight is 170 g/mol. The molecular weight excluding hydrogens is 152 g/mol. The lowest BCUT2D eigenvalue weighted by Gasteiger charge is -2.36. The lowest BCUT2D eigenvalue weighted by Crippen LogP contribution is -2.35. The van der Waals surface area contributed by atoms with E-state index in [1.165, 1.54) is 6.42 Å². The van der Waals surface area contributed by atoms with Crippen molar-refractivity contribution >= 4 is 5.97 Å². The Morgan fingerprint density at radius 2 is 1.75 bits per heavy atom. The maximum absolute atomic E-state index is 11.0. The van der Waals surface area contributed by atoms with Gasteiger partial charge in [-0.15, -0.1) is 0 Å². The van der Waals surface area contributed by atoms with Crippen LogP contribution in [0.5, 0.6) is 0 Å². The molecule has 70 valence electrons. The summed E-state index contributed by atoms with van der Waals surface area (Å²) in [6.45, 7) is 6.18. The number of hydrogen-bond donors (Lipinski definition) is 1. The van der Waals surface area contributed by atoms with Crippen LogP contribution in [0.4, 0.5) is 0 Å². The van der Waals surface area contributed by atoms with Gasteiger partial charge < -0.3 is 5.11 Å². The monoisotopic (exact) mass is 170 g/mol. The van der Waals surface area contributed by atoms with Crippen molar-refractivity contribution in [2.24, 2.45) is 17.3 Å². The van der Waals surface area contributed by atoms with Crippen LogP contribution in [0.15, 0.2) is 0 Å². The smallest absolute Gasteiger partial charge is 0.309 e. The third-order valence-corrected chi connectivity index (χ3v) is 2.92. The standard InChI is InChI=1S/C10H18O2/c1-7-4-8(2)6-10(3,5-7)9(11)12/h7-8H,4-6H2,1-3H3,(H,11,12). The quantitative estimate of drug-likeness (QED) is 0.656. The van der Waals surface area contributed by atoms with E-state index >= 15 is 0 Å². The predicted molar refractivity (Wildman–Crippen MR) is 47.9 cm³/mol. The highest BCUT2D eigenvalue weighted by atomic mass is 16.4. The molecule has 2 heteroatoms. The molecule has 0 aliphatic heterocycles. The molecule has 0 amide bonds. The molecule has 0 saturated heterocycles. The summed E-state index contributed by atoms with van der Waals surface area (Å²) in [6, 6.07) is 0. The zero-order chi connectivity index (χ0) is 9.35. The van der Waals surface area contributed by atoms with E-state index in [4.69, 9.17) is 5.11 Å². The molecule has 2 nitrogen and oxygen atoms in total. The molecule has 2 atom stereocenters. The molecular formula is C10H18O2. The number of carboxylic acids is 1. The largest absolute Gasteiger partial charge is 0.481 e. The first-order valence-electron chi connectivity index (χ1n) is 4.67. The summed E-state index contributed by atoms with van der Waals surface area (Å²) in [5, 5.41) is 9.03. The Hall–Kier alpha value is -0.530. The van der Waals surface area contributed by atoms with Crippen molar-refractivity contribution in [1.29, 1.82) is 0 Å².